The minimum atomic E-state index is -0.511. The average Bonchev–Trinajstić information content (AvgIpc) is 2.72. The lowest BCUT2D eigenvalue weighted by Crippen LogP contribution is -2.50. The topological polar surface area (TPSA) is 58.6 Å². The van der Waals surface area contributed by atoms with Crippen molar-refractivity contribution in [3.63, 3.8) is 0 Å². The van der Waals surface area contributed by atoms with Crippen molar-refractivity contribution in [2.45, 2.75) is 50.7 Å². The molecule has 29 heavy (non-hydrogen) atoms. The number of carbonyl (C=O) groups excluding carboxylic acids is 2. The Kier molecular flexibility index (Phi) is 9.06. The number of carbonyl (C=O) groups is 2. The van der Waals surface area contributed by atoms with Gasteiger partial charge < -0.3 is 15.0 Å². The van der Waals surface area contributed by atoms with Crippen LogP contribution in [0.3, 0.4) is 0 Å². The summed E-state index contributed by atoms with van der Waals surface area (Å²) in [6, 6.07) is 16.9. The number of rotatable bonds is 10. The molecule has 5 nitrogen and oxygen atoms in total. The molecular formula is C23H30N2O3S. The molecule has 0 aromatic heterocycles. The first-order valence-corrected chi connectivity index (χ1v) is 10.8. The Balaban J connectivity index is 2.19. The highest BCUT2D eigenvalue weighted by molar-refractivity contribution is 8.00. The number of amides is 2. The summed E-state index contributed by atoms with van der Waals surface area (Å²) in [6.07, 6.45) is 0.552. The van der Waals surface area contributed by atoms with E-state index in [2.05, 4.69) is 5.32 Å². The zero-order valence-electron chi connectivity index (χ0n) is 17.6. The largest absolute Gasteiger partial charge is 0.497 e. The van der Waals surface area contributed by atoms with Gasteiger partial charge >= 0.3 is 0 Å². The molecule has 0 aliphatic carbocycles. The van der Waals surface area contributed by atoms with Crippen molar-refractivity contribution in [3.05, 3.63) is 60.2 Å². The van der Waals surface area contributed by atoms with Crippen molar-refractivity contribution >= 4 is 23.6 Å². The lowest BCUT2D eigenvalue weighted by Gasteiger charge is -2.31. The molecule has 2 rings (SSSR count). The molecule has 1 atom stereocenters. The summed E-state index contributed by atoms with van der Waals surface area (Å²) in [4.78, 5) is 28.6. The van der Waals surface area contributed by atoms with E-state index in [1.165, 1.54) is 11.8 Å². The second kappa shape index (κ2) is 11.5. The standard InChI is InChI=1S/C23H30N2O3S/c1-5-21(23(27)24-17(2)3)25(15-18-11-13-19(28-4)14-12-18)22(26)16-29-20-9-7-6-8-10-20/h6-14,17,21H,5,15-16H2,1-4H3,(H,24,27)/t21-/m0/s1. The highest BCUT2D eigenvalue weighted by Crippen LogP contribution is 2.21. The lowest BCUT2D eigenvalue weighted by atomic mass is 10.1. The van der Waals surface area contributed by atoms with Gasteiger partial charge in [-0.1, -0.05) is 37.3 Å². The number of nitrogens with one attached hydrogen (secondary N) is 1. The fourth-order valence-corrected chi connectivity index (χ4v) is 3.78. The van der Waals surface area contributed by atoms with E-state index in [9.17, 15) is 9.59 Å². The third-order valence-electron chi connectivity index (χ3n) is 4.43. The third-order valence-corrected chi connectivity index (χ3v) is 5.43. The molecule has 0 aliphatic heterocycles. The number of hydrogen-bond acceptors (Lipinski definition) is 4. The van der Waals surface area contributed by atoms with Crippen LogP contribution >= 0.6 is 11.8 Å². The summed E-state index contributed by atoms with van der Waals surface area (Å²) in [5, 5.41) is 2.95. The van der Waals surface area contributed by atoms with Crippen molar-refractivity contribution in [3.8, 4) is 5.75 Å². The van der Waals surface area contributed by atoms with E-state index < -0.39 is 6.04 Å². The van der Waals surface area contributed by atoms with Crippen molar-refractivity contribution in [1.82, 2.24) is 10.2 Å². The van der Waals surface area contributed by atoms with Crippen LogP contribution in [0, 0.1) is 0 Å². The van der Waals surface area contributed by atoms with Gasteiger partial charge in [0.15, 0.2) is 0 Å². The van der Waals surface area contributed by atoms with Gasteiger partial charge in [0.25, 0.3) is 0 Å². The first-order chi connectivity index (χ1) is 13.9. The zero-order valence-corrected chi connectivity index (χ0v) is 18.4. The Bertz CT molecular complexity index is 778. The fourth-order valence-electron chi connectivity index (χ4n) is 2.97. The van der Waals surface area contributed by atoms with Gasteiger partial charge in [0.1, 0.15) is 11.8 Å². The van der Waals surface area contributed by atoms with Crippen LogP contribution in [0.2, 0.25) is 0 Å². The predicted molar refractivity (Wildman–Crippen MR) is 118 cm³/mol. The fraction of sp³-hybridized carbons (Fsp3) is 0.391. The molecule has 0 fully saturated rings. The molecule has 156 valence electrons. The van der Waals surface area contributed by atoms with Gasteiger partial charge in [-0.15, -0.1) is 11.8 Å². The molecule has 2 aromatic rings. The van der Waals surface area contributed by atoms with Crippen molar-refractivity contribution < 1.29 is 14.3 Å². The highest BCUT2D eigenvalue weighted by Gasteiger charge is 2.28. The molecule has 0 bridgehead atoms. The van der Waals surface area contributed by atoms with Crippen LogP contribution in [0.15, 0.2) is 59.5 Å². The highest BCUT2D eigenvalue weighted by atomic mass is 32.2. The van der Waals surface area contributed by atoms with Crippen LogP contribution in [-0.2, 0) is 16.1 Å². The normalized spacial score (nSPS) is 11.8. The van der Waals surface area contributed by atoms with E-state index in [1.807, 2.05) is 75.4 Å². The van der Waals surface area contributed by atoms with Crippen LogP contribution in [-0.4, -0.2) is 41.7 Å². The molecule has 0 saturated heterocycles. The van der Waals surface area contributed by atoms with Crippen LogP contribution in [0.4, 0.5) is 0 Å². The zero-order chi connectivity index (χ0) is 21.2. The van der Waals surface area contributed by atoms with Gasteiger partial charge in [0.2, 0.25) is 11.8 Å². The number of ether oxygens (including phenoxy) is 1. The summed E-state index contributed by atoms with van der Waals surface area (Å²) < 4.78 is 5.21. The Morgan fingerprint density at radius 3 is 2.28 bits per heavy atom. The van der Waals surface area contributed by atoms with E-state index in [0.29, 0.717) is 13.0 Å². The van der Waals surface area contributed by atoms with E-state index in [0.717, 1.165) is 16.2 Å². The number of nitrogens with zero attached hydrogens (tertiary/aromatic N) is 1. The number of benzene rings is 2. The first-order valence-electron chi connectivity index (χ1n) is 9.85. The molecule has 6 heteroatoms. The Hall–Kier alpha value is -2.47. The smallest absolute Gasteiger partial charge is 0.243 e. The number of thioether (sulfide) groups is 1. The molecule has 0 aliphatic rings. The second-order valence-corrected chi connectivity index (χ2v) is 8.11. The van der Waals surface area contributed by atoms with E-state index in [-0.39, 0.29) is 23.6 Å². The van der Waals surface area contributed by atoms with Gasteiger partial charge in [0.05, 0.1) is 12.9 Å². The molecule has 2 aromatic carbocycles. The second-order valence-electron chi connectivity index (χ2n) is 7.06. The third kappa shape index (κ3) is 7.13. The molecule has 0 heterocycles. The van der Waals surface area contributed by atoms with Crippen molar-refractivity contribution in [2.75, 3.05) is 12.9 Å². The number of hydrogen-bond donors (Lipinski definition) is 1. The predicted octanol–water partition coefficient (Wildman–Crippen LogP) is 4.12. The molecule has 1 N–H and O–H groups in total. The van der Waals surface area contributed by atoms with Crippen LogP contribution in [0.25, 0.3) is 0 Å². The monoisotopic (exact) mass is 414 g/mol. The van der Waals surface area contributed by atoms with Gasteiger partial charge in [-0.2, -0.15) is 0 Å². The van der Waals surface area contributed by atoms with E-state index in [4.69, 9.17) is 4.74 Å². The molecular weight excluding hydrogens is 384 g/mol. The number of methoxy groups -OCH3 is 1. The minimum Gasteiger partial charge on any atom is -0.497 e. The Morgan fingerprint density at radius 1 is 1.07 bits per heavy atom. The minimum absolute atomic E-state index is 0.0215. The SMILES string of the molecule is CC[C@@H](C(=O)NC(C)C)N(Cc1ccc(OC)cc1)C(=O)CSc1ccccc1. The van der Waals surface area contributed by atoms with E-state index in [1.54, 1.807) is 12.0 Å². The quantitative estimate of drug-likeness (QED) is 0.594. The molecule has 0 saturated carbocycles. The molecule has 0 radical (unpaired) electrons. The van der Waals surface area contributed by atoms with Gasteiger partial charge in [0, 0.05) is 17.5 Å². The lowest BCUT2D eigenvalue weighted by molar-refractivity contribution is -0.139. The maximum Gasteiger partial charge on any atom is 0.243 e. The van der Waals surface area contributed by atoms with Gasteiger partial charge in [-0.25, -0.2) is 0 Å². The van der Waals surface area contributed by atoms with Crippen LogP contribution in [0.1, 0.15) is 32.8 Å². The van der Waals surface area contributed by atoms with Crippen molar-refractivity contribution in [2.24, 2.45) is 0 Å². The molecule has 2 amide bonds. The summed E-state index contributed by atoms with van der Waals surface area (Å²) in [7, 11) is 1.62. The van der Waals surface area contributed by atoms with Crippen LogP contribution in [0.5, 0.6) is 5.75 Å². The van der Waals surface area contributed by atoms with Crippen molar-refractivity contribution in [1.29, 1.82) is 0 Å². The summed E-state index contributed by atoms with van der Waals surface area (Å²) in [6.45, 7) is 6.16. The van der Waals surface area contributed by atoms with Gasteiger partial charge in [-0.05, 0) is 50.1 Å². The van der Waals surface area contributed by atoms with Gasteiger partial charge in [-0.3, -0.25) is 9.59 Å². The average molecular weight is 415 g/mol. The van der Waals surface area contributed by atoms with Crippen LogP contribution < -0.4 is 10.1 Å². The maximum absolute atomic E-state index is 13.1. The first kappa shape index (κ1) is 22.8. The molecule has 0 unspecified atom stereocenters. The summed E-state index contributed by atoms with van der Waals surface area (Å²) >= 11 is 1.48. The van der Waals surface area contributed by atoms with E-state index >= 15 is 0 Å². The summed E-state index contributed by atoms with van der Waals surface area (Å²) in [5.74, 6) is 0.872. The molecule has 0 spiro atoms. The Labute approximate surface area is 177 Å². The summed E-state index contributed by atoms with van der Waals surface area (Å²) in [5.41, 5.74) is 0.958. The maximum atomic E-state index is 13.1. The Morgan fingerprint density at radius 2 is 1.72 bits per heavy atom.